The van der Waals surface area contributed by atoms with Gasteiger partial charge in [0.05, 0.1) is 0 Å². The number of aromatic hydroxyl groups is 6. The molecule has 0 saturated heterocycles. The Morgan fingerprint density at radius 3 is 0.970 bits per heavy atom. The van der Waals surface area contributed by atoms with Crippen molar-refractivity contribution in [2.24, 2.45) is 11.8 Å². The van der Waals surface area contributed by atoms with Crippen LogP contribution in [0, 0.1) is 39.5 Å². The van der Waals surface area contributed by atoms with Crippen LogP contribution < -0.4 is 0 Å². The molecule has 4 aliphatic carbocycles. The number of rotatable bonds is 8. The minimum Gasteiger partial charge on any atom is -0.508 e. The minimum absolute atomic E-state index is 0.172. The predicted octanol–water partition coefficient (Wildman–Crippen LogP) is 13.9. The lowest BCUT2D eigenvalue weighted by Crippen LogP contribution is -2.56. The van der Waals surface area contributed by atoms with E-state index >= 15 is 0 Å². The molecule has 4 aliphatic rings. The molecule has 0 aromatic heterocycles. The molecule has 0 radical (unpaired) electrons. The number of aryl methyl sites for hydroxylation is 4. The Morgan fingerprint density at radius 1 is 0.424 bits per heavy atom. The number of hydrogen-bond acceptors (Lipinski definition) is 6. The van der Waals surface area contributed by atoms with Gasteiger partial charge in [-0.05, 0) is 191 Å². The Morgan fingerprint density at radius 2 is 0.712 bits per heavy atom. The summed E-state index contributed by atoms with van der Waals surface area (Å²) in [6.07, 6.45) is 6.41. The fourth-order valence-electron chi connectivity index (χ4n) is 13.0. The van der Waals surface area contributed by atoms with Gasteiger partial charge in [0.1, 0.15) is 34.5 Å². The zero-order valence-corrected chi connectivity index (χ0v) is 40.5. The van der Waals surface area contributed by atoms with Gasteiger partial charge in [0, 0.05) is 23.0 Å². The topological polar surface area (TPSA) is 121 Å². The van der Waals surface area contributed by atoms with Gasteiger partial charge in [-0.15, -0.1) is 0 Å². The van der Waals surface area contributed by atoms with Crippen LogP contribution in [0.2, 0.25) is 0 Å². The molecule has 0 atom stereocenters. The van der Waals surface area contributed by atoms with Gasteiger partial charge in [-0.1, -0.05) is 114 Å². The van der Waals surface area contributed by atoms with Crippen molar-refractivity contribution in [3.63, 3.8) is 0 Å². The van der Waals surface area contributed by atoms with Crippen LogP contribution in [0.1, 0.15) is 170 Å². The van der Waals surface area contributed by atoms with Crippen molar-refractivity contribution in [3.8, 4) is 34.5 Å². The third-order valence-corrected chi connectivity index (χ3v) is 16.0. The van der Waals surface area contributed by atoms with Crippen molar-refractivity contribution in [3.05, 3.63) is 175 Å². The second kappa shape index (κ2) is 15.9. The second-order valence-corrected chi connectivity index (χ2v) is 23.0. The van der Waals surface area contributed by atoms with E-state index in [1.807, 2.05) is 76.2 Å². The Balaban J connectivity index is 1.26. The smallest absolute Gasteiger partial charge is 0.123 e. The van der Waals surface area contributed by atoms with Crippen molar-refractivity contribution in [2.75, 3.05) is 0 Å². The summed E-state index contributed by atoms with van der Waals surface area (Å²) < 4.78 is 0. The summed E-state index contributed by atoms with van der Waals surface area (Å²) in [5.41, 5.74) is 11.8. The van der Waals surface area contributed by atoms with Crippen LogP contribution >= 0.6 is 0 Å². The standard InChI is InChI=1S/C60H68O6/c1-33-19-39(11-15-49(33)61)53(40-12-16-50(62)34(2)20-40)45-24-43(26-47(55(45)65)57(5,6)7)59-28-37-23-38(29-59)31-60(30-37,32-59)44-25-46(56(66)48(27-44)58(8,9)10)54(41-13-17-51(63)35(3)21-41)42-14-18-52(64)36(4)22-42/h11-22,24-27,37-38,53-54,61-66H,23,28-32H2,1-10H3. The normalized spacial score (nSPS) is 21.6. The van der Waals surface area contributed by atoms with Crippen LogP contribution in [0.4, 0.5) is 0 Å². The maximum Gasteiger partial charge on any atom is 0.123 e. The Bertz CT molecular complexity index is 2580. The second-order valence-electron chi connectivity index (χ2n) is 23.0. The van der Waals surface area contributed by atoms with E-state index in [4.69, 9.17) is 0 Å². The molecule has 6 nitrogen and oxygen atoms in total. The molecule has 66 heavy (non-hydrogen) atoms. The molecule has 6 aromatic rings. The SMILES string of the molecule is Cc1cc(C(c2ccc(O)c(C)c2)c2cc(C34CC5CC(C3)CC(c3cc(C(c6ccc(O)c(C)c6)c6ccc(O)c(C)c6)c(O)c(C(C)(C)C)c3)(C5)C4)cc(C(C)(C)C)c2O)ccc1O. The highest BCUT2D eigenvalue weighted by molar-refractivity contribution is 5.61. The minimum atomic E-state index is -0.378. The summed E-state index contributed by atoms with van der Waals surface area (Å²) >= 11 is 0. The van der Waals surface area contributed by atoms with Crippen LogP contribution in [0.5, 0.6) is 34.5 Å². The van der Waals surface area contributed by atoms with Gasteiger partial charge < -0.3 is 30.6 Å². The first-order valence-corrected chi connectivity index (χ1v) is 23.9. The molecule has 10 rings (SSSR count). The van der Waals surface area contributed by atoms with Crippen LogP contribution in [-0.4, -0.2) is 30.6 Å². The van der Waals surface area contributed by atoms with Crippen molar-refractivity contribution in [2.45, 2.75) is 141 Å². The fourth-order valence-corrected chi connectivity index (χ4v) is 13.0. The molecular formula is C60H68O6. The third kappa shape index (κ3) is 7.78. The molecule has 4 bridgehead atoms. The average Bonchev–Trinajstić information content (AvgIpc) is 3.23. The van der Waals surface area contributed by atoms with Crippen LogP contribution in [0.3, 0.4) is 0 Å². The molecule has 6 heteroatoms. The van der Waals surface area contributed by atoms with Gasteiger partial charge in [0.25, 0.3) is 0 Å². The molecule has 344 valence electrons. The van der Waals surface area contributed by atoms with Crippen LogP contribution in [0.25, 0.3) is 0 Å². The van der Waals surface area contributed by atoms with Crippen molar-refractivity contribution < 1.29 is 30.6 Å². The first-order chi connectivity index (χ1) is 31.0. The van der Waals surface area contributed by atoms with E-state index in [9.17, 15) is 30.6 Å². The van der Waals surface area contributed by atoms with Crippen molar-refractivity contribution in [1.29, 1.82) is 0 Å². The van der Waals surface area contributed by atoms with Crippen molar-refractivity contribution in [1.82, 2.24) is 0 Å². The van der Waals surface area contributed by atoms with Crippen molar-refractivity contribution >= 4 is 0 Å². The highest BCUT2D eigenvalue weighted by Gasteiger charge is 2.59. The fraction of sp³-hybridized carbons (Fsp3) is 0.400. The molecule has 4 fully saturated rings. The molecule has 6 aromatic carbocycles. The summed E-state index contributed by atoms with van der Waals surface area (Å²) in [5.74, 6) is 1.72. The van der Waals surface area contributed by atoms with E-state index in [-0.39, 0.29) is 68.0 Å². The van der Waals surface area contributed by atoms with E-state index < -0.39 is 0 Å². The van der Waals surface area contributed by atoms with Gasteiger partial charge in [-0.25, -0.2) is 0 Å². The zero-order valence-electron chi connectivity index (χ0n) is 40.5. The largest absolute Gasteiger partial charge is 0.508 e. The highest BCUT2D eigenvalue weighted by atomic mass is 16.3. The molecule has 0 unspecified atom stereocenters. The van der Waals surface area contributed by atoms with Gasteiger partial charge in [0.15, 0.2) is 0 Å². The summed E-state index contributed by atoms with van der Waals surface area (Å²) in [5, 5.41) is 67.9. The molecular weight excluding hydrogens is 817 g/mol. The molecule has 6 N–H and O–H groups in total. The maximum absolute atomic E-state index is 12.6. The van der Waals surface area contributed by atoms with E-state index in [1.165, 1.54) is 17.5 Å². The molecule has 0 amide bonds. The Hall–Kier alpha value is -5.88. The van der Waals surface area contributed by atoms with Gasteiger partial charge >= 0.3 is 0 Å². The third-order valence-electron chi connectivity index (χ3n) is 16.0. The van der Waals surface area contributed by atoms with E-state index in [0.717, 1.165) is 98.9 Å². The van der Waals surface area contributed by atoms with Gasteiger partial charge in [0.2, 0.25) is 0 Å². The first kappa shape index (κ1) is 45.3. The quantitative estimate of drug-likeness (QED) is 0.0847. The van der Waals surface area contributed by atoms with Gasteiger partial charge in [-0.2, -0.15) is 0 Å². The number of hydrogen-bond donors (Lipinski definition) is 6. The Labute approximate surface area is 391 Å². The summed E-state index contributed by atoms with van der Waals surface area (Å²) in [7, 11) is 0. The average molecular weight is 885 g/mol. The first-order valence-electron chi connectivity index (χ1n) is 23.9. The molecule has 0 spiro atoms. The Kier molecular flexibility index (Phi) is 10.9. The lowest BCUT2D eigenvalue weighted by Gasteiger charge is -2.63. The van der Waals surface area contributed by atoms with Crippen LogP contribution in [-0.2, 0) is 21.7 Å². The number of benzene rings is 6. The van der Waals surface area contributed by atoms with E-state index in [2.05, 4.69) is 65.8 Å². The molecule has 0 aliphatic heterocycles. The van der Waals surface area contributed by atoms with Gasteiger partial charge in [-0.3, -0.25) is 0 Å². The summed E-state index contributed by atoms with van der Waals surface area (Å²) in [4.78, 5) is 0. The maximum atomic E-state index is 12.6. The lowest BCUT2D eigenvalue weighted by atomic mass is 9.41. The van der Waals surface area contributed by atoms with E-state index in [1.54, 1.807) is 24.3 Å². The summed E-state index contributed by atoms with van der Waals surface area (Å²) in [6, 6.07) is 32.1. The highest BCUT2D eigenvalue weighted by Crippen LogP contribution is 2.67. The predicted molar refractivity (Wildman–Crippen MR) is 265 cm³/mol. The van der Waals surface area contributed by atoms with Crippen LogP contribution in [0.15, 0.2) is 97.1 Å². The molecule has 4 saturated carbocycles. The number of phenols is 6. The van der Waals surface area contributed by atoms with E-state index in [0.29, 0.717) is 11.8 Å². The lowest BCUT2D eigenvalue weighted by molar-refractivity contribution is -0.0283. The monoisotopic (exact) mass is 885 g/mol. The summed E-state index contributed by atoms with van der Waals surface area (Å²) in [6.45, 7) is 20.7. The zero-order chi connectivity index (χ0) is 47.4. The number of phenolic OH excluding ortho intramolecular Hbond substituents is 6. The molecule has 0 heterocycles.